The van der Waals surface area contributed by atoms with Crippen LogP contribution in [0.3, 0.4) is 0 Å². The summed E-state index contributed by atoms with van der Waals surface area (Å²) in [4.78, 5) is 32.6. The molecule has 0 spiro atoms. The summed E-state index contributed by atoms with van der Waals surface area (Å²) in [6, 6.07) is 1.05. The molecule has 2 aliphatic rings. The van der Waals surface area contributed by atoms with Crippen molar-refractivity contribution in [2.24, 2.45) is 5.92 Å². The number of aryl methyl sites for hydroxylation is 1. The Morgan fingerprint density at radius 1 is 1.39 bits per heavy atom. The van der Waals surface area contributed by atoms with Gasteiger partial charge in [0.15, 0.2) is 0 Å². The third kappa shape index (κ3) is 4.03. The quantitative estimate of drug-likeness (QED) is 0.688. The maximum atomic E-state index is 13.7. The SMILES string of the molecule is C=CCN1CC(C(=O)N2CCCC(c3cc(C(F)(F)F)c4c(C)noc4n3)C2)CC1=O. The van der Waals surface area contributed by atoms with Crippen LogP contribution < -0.4 is 0 Å². The van der Waals surface area contributed by atoms with E-state index in [2.05, 4.69) is 16.7 Å². The van der Waals surface area contributed by atoms with E-state index in [4.69, 9.17) is 4.52 Å². The predicted molar refractivity (Wildman–Crippen MR) is 105 cm³/mol. The fraction of sp³-hybridized carbons (Fsp3) is 0.524. The monoisotopic (exact) mass is 436 g/mol. The van der Waals surface area contributed by atoms with Crippen molar-refractivity contribution in [2.75, 3.05) is 26.2 Å². The highest BCUT2D eigenvalue weighted by Crippen LogP contribution is 2.38. The van der Waals surface area contributed by atoms with Crippen LogP contribution in [0, 0.1) is 12.8 Å². The van der Waals surface area contributed by atoms with Crippen LogP contribution in [0.5, 0.6) is 0 Å². The van der Waals surface area contributed by atoms with Gasteiger partial charge in [-0.05, 0) is 25.8 Å². The van der Waals surface area contributed by atoms with Crippen LogP contribution in [0.25, 0.3) is 11.1 Å². The summed E-state index contributed by atoms with van der Waals surface area (Å²) < 4.78 is 46.0. The highest BCUT2D eigenvalue weighted by atomic mass is 19.4. The molecule has 4 heterocycles. The number of carbonyl (C=O) groups excluding carboxylic acids is 2. The first-order valence-electron chi connectivity index (χ1n) is 10.2. The van der Waals surface area contributed by atoms with Crippen molar-refractivity contribution in [1.82, 2.24) is 19.9 Å². The number of aromatic nitrogens is 2. The van der Waals surface area contributed by atoms with E-state index >= 15 is 0 Å². The number of piperidine rings is 1. The first-order chi connectivity index (χ1) is 14.7. The Morgan fingerprint density at radius 3 is 2.87 bits per heavy atom. The van der Waals surface area contributed by atoms with Gasteiger partial charge in [0.05, 0.1) is 28.3 Å². The van der Waals surface area contributed by atoms with Crippen molar-refractivity contribution in [1.29, 1.82) is 0 Å². The van der Waals surface area contributed by atoms with Crippen LogP contribution >= 0.6 is 0 Å². The van der Waals surface area contributed by atoms with Gasteiger partial charge in [0, 0.05) is 38.5 Å². The molecule has 2 amide bonds. The number of halogens is 3. The van der Waals surface area contributed by atoms with Crippen LogP contribution in [0.15, 0.2) is 23.2 Å². The summed E-state index contributed by atoms with van der Waals surface area (Å²) in [5.74, 6) is -1.02. The highest BCUT2D eigenvalue weighted by molar-refractivity contribution is 5.89. The van der Waals surface area contributed by atoms with Crippen LogP contribution in [-0.2, 0) is 15.8 Å². The predicted octanol–water partition coefficient (Wildman–Crippen LogP) is 3.29. The molecular formula is C21H23F3N4O3. The number of amides is 2. The molecule has 2 aliphatic heterocycles. The molecule has 166 valence electrons. The fourth-order valence-electron chi connectivity index (χ4n) is 4.49. The standard InChI is InChI=1S/C21H23F3N4O3/c1-3-6-27-11-14(8-17(27)29)20(30)28-7-4-5-13(10-28)16-9-15(21(22,23)24)18-12(2)26-31-19(18)25-16/h3,9,13-14H,1,4-8,10-11H2,2H3. The largest absolute Gasteiger partial charge is 0.417 e. The minimum atomic E-state index is -4.57. The second-order valence-corrected chi connectivity index (χ2v) is 8.15. The first-order valence-corrected chi connectivity index (χ1v) is 10.2. The lowest BCUT2D eigenvalue weighted by molar-refractivity contribution is -0.137. The van der Waals surface area contributed by atoms with Crippen molar-refractivity contribution < 1.29 is 27.3 Å². The van der Waals surface area contributed by atoms with Gasteiger partial charge in [0.1, 0.15) is 0 Å². The summed E-state index contributed by atoms with van der Waals surface area (Å²) in [7, 11) is 0. The van der Waals surface area contributed by atoms with Crippen LogP contribution in [0.4, 0.5) is 13.2 Å². The molecule has 7 nitrogen and oxygen atoms in total. The zero-order valence-electron chi connectivity index (χ0n) is 17.1. The smallest absolute Gasteiger partial charge is 0.342 e. The van der Waals surface area contributed by atoms with Gasteiger partial charge in [0.2, 0.25) is 11.8 Å². The van der Waals surface area contributed by atoms with Gasteiger partial charge >= 0.3 is 6.18 Å². The summed E-state index contributed by atoms with van der Waals surface area (Å²) in [5, 5.41) is 3.50. The molecule has 2 aromatic rings. The van der Waals surface area contributed by atoms with Gasteiger partial charge in [-0.15, -0.1) is 6.58 Å². The van der Waals surface area contributed by atoms with Gasteiger partial charge in [-0.2, -0.15) is 13.2 Å². The molecule has 10 heteroatoms. The van der Waals surface area contributed by atoms with E-state index in [-0.39, 0.29) is 53.2 Å². The zero-order chi connectivity index (χ0) is 22.3. The molecule has 2 unspecified atom stereocenters. The van der Waals surface area contributed by atoms with Crippen molar-refractivity contribution in [3.05, 3.63) is 35.7 Å². The normalized spacial score (nSPS) is 22.4. The van der Waals surface area contributed by atoms with E-state index in [0.717, 1.165) is 6.07 Å². The van der Waals surface area contributed by atoms with Crippen molar-refractivity contribution in [2.45, 2.75) is 38.3 Å². The van der Waals surface area contributed by atoms with Crippen molar-refractivity contribution in [3.63, 3.8) is 0 Å². The highest BCUT2D eigenvalue weighted by Gasteiger charge is 2.39. The number of hydrogen-bond donors (Lipinski definition) is 0. The summed E-state index contributed by atoms with van der Waals surface area (Å²) in [5.41, 5.74) is -0.593. The molecule has 2 saturated heterocycles. The van der Waals surface area contributed by atoms with Gasteiger partial charge in [0.25, 0.3) is 5.71 Å². The molecule has 0 radical (unpaired) electrons. The molecular weight excluding hydrogens is 413 g/mol. The number of alkyl halides is 3. The summed E-state index contributed by atoms with van der Waals surface area (Å²) in [6.07, 6.45) is -1.56. The number of likely N-dealkylation sites (tertiary alicyclic amines) is 2. The van der Waals surface area contributed by atoms with Gasteiger partial charge in [-0.3, -0.25) is 9.59 Å². The van der Waals surface area contributed by atoms with Gasteiger partial charge < -0.3 is 14.3 Å². The summed E-state index contributed by atoms with van der Waals surface area (Å²) >= 11 is 0. The first kappa shape index (κ1) is 21.3. The van der Waals surface area contributed by atoms with Gasteiger partial charge in [-0.25, -0.2) is 4.98 Å². The molecule has 0 aliphatic carbocycles. The Hall–Kier alpha value is -2.91. The van der Waals surface area contributed by atoms with E-state index in [0.29, 0.717) is 32.5 Å². The minimum absolute atomic E-state index is 0.0885. The Balaban J connectivity index is 1.56. The lowest BCUT2D eigenvalue weighted by atomic mass is 9.91. The second kappa shape index (κ2) is 7.97. The maximum Gasteiger partial charge on any atom is 0.417 e. The third-order valence-electron chi connectivity index (χ3n) is 6.01. The van der Waals surface area contributed by atoms with Crippen molar-refractivity contribution in [3.8, 4) is 0 Å². The molecule has 0 N–H and O–H groups in total. The molecule has 2 atom stereocenters. The molecule has 0 aromatic carbocycles. The Labute approximate surface area is 176 Å². The van der Waals surface area contributed by atoms with Crippen LogP contribution in [-0.4, -0.2) is 57.9 Å². The van der Waals surface area contributed by atoms with Crippen LogP contribution in [0.2, 0.25) is 0 Å². The molecule has 0 saturated carbocycles. The lowest BCUT2D eigenvalue weighted by Gasteiger charge is -2.34. The molecule has 2 aromatic heterocycles. The number of carbonyl (C=O) groups is 2. The van der Waals surface area contributed by atoms with E-state index < -0.39 is 17.7 Å². The van der Waals surface area contributed by atoms with Crippen molar-refractivity contribution >= 4 is 22.9 Å². The number of pyridine rings is 1. The summed E-state index contributed by atoms with van der Waals surface area (Å²) in [6.45, 7) is 6.57. The van der Waals surface area contributed by atoms with E-state index in [9.17, 15) is 22.8 Å². The molecule has 2 fully saturated rings. The average Bonchev–Trinajstić information content (AvgIpc) is 3.29. The van der Waals surface area contributed by atoms with Gasteiger partial charge in [-0.1, -0.05) is 11.2 Å². The van der Waals surface area contributed by atoms with E-state index in [1.165, 1.54) is 6.92 Å². The molecule has 31 heavy (non-hydrogen) atoms. The zero-order valence-corrected chi connectivity index (χ0v) is 17.1. The number of rotatable bonds is 4. The van der Waals surface area contributed by atoms with E-state index in [1.54, 1.807) is 15.9 Å². The number of hydrogen-bond acceptors (Lipinski definition) is 5. The Bertz CT molecular complexity index is 1030. The van der Waals surface area contributed by atoms with E-state index in [1.807, 2.05) is 0 Å². The topological polar surface area (TPSA) is 79.5 Å². The second-order valence-electron chi connectivity index (χ2n) is 8.15. The minimum Gasteiger partial charge on any atom is -0.342 e. The maximum absolute atomic E-state index is 13.7. The Morgan fingerprint density at radius 2 is 2.16 bits per heavy atom. The van der Waals surface area contributed by atoms with Crippen LogP contribution in [0.1, 0.15) is 42.1 Å². The molecule has 0 bridgehead atoms. The third-order valence-corrected chi connectivity index (χ3v) is 6.01. The average molecular weight is 436 g/mol. The fourth-order valence-corrected chi connectivity index (χ4v) is 4.49. The lowest BCUT2D eigenvalue weighted by Crippen LogP contribution is -2.43. The number of fused-ring (bicyclic) bond motifs is 1. The number of nitrogens with zero attached hydrogens (tertiary/aromatic N) is 4. The Kier molecular flexibility index (Phi) is 5.49. The molecule has 4 rings (SSSR count).